The molecule has 0 atom stereocenters. The maximum absolute atomic E-state index is 12.1. The molecule has 3 aromatic rings. The van der Waals surface area contributed by atoms with Gasteiger partial charge in [0.05, 0.1) is 12.6 Å². The van der Waals surface area contributed by atoms with Crippen molar-refractivity contribution in [3.63, 3.8) is 0 Å². The van der Waals surface area contributed by atoms with E-state index in [2.05, 4.69) is 0 Å². The molecule has 3 rings (SSSR count). The van der Waals surface area contributed by atoms with Crippen LogP contribution >= 0.6 is 23.2 Å². The van der Waals surface area contributed by atoms with Crippen LogP contribution in [-0.4, -0.2) is 22.8 Å². The van der Waals surface area contributed by atoms with E-state index in [1.165, 1.54) is 7.11 Å². The Kier molecular flexibility index (Phi) is 4.20. The van der Waals surface area contributed by atoms with Gasteiger partial charge in [-0.25, -0.2) is 4.79 Å². The highest BCUT2D eigenvalue weighted by atomic mass is 35.5. The van der Waals surface area contributed by atoms with Crippen molar-refractivity contribution in [2.24, 2.45) is 0 Å². The van der Waals surface area contributed by atoms with Gasteiger partial charge in [-0.2, -0.15) is 0 Å². The first-order chi connectivity index (χ1) is 11.0. The van der Waals surface area contributed by atoms with Crippen molar-refractivity contribution in [1.29, 1.82) is 0 Å². The van der Waals surface area contributed by atoms with Crippen molar-refractivity contribution in [1.82, 2.24) is 4.57 Å². The van der Waals surface area contributed by atoms with Gasteiger partial charge in [-0.3, -0.25) is 0 Å². The molecule has 23 heavy (non-hydrogen) atoms. The van der Waals surface area contributed by atoms with Crippen molar-refractivity contribution in [3.8, 4) is 5.75 Å². The first-order valence-corrected chi connectivity index (χ1v) is 7.60. The number of hydrogen-bond acceptors (Lipinski definition) is 3. The minimum atomic E-state index is -0.614. The van der Waals surface area contributed by atoms with Crippen LogP contribution in [0, 0.1) is 0 Å². The van der Waals surface area contributed by atoms with Gasteiger partial charge < -0.3 is 14.4 Å². The molecular formula is C17H13Cl2NO3. The zero-order chi connectivity index (χ0) is 16.6. The average Bonchev–Trinajstić information content (AvgIpc) is 2.79. The molecule has 0 saturated heterocycles. The van der Waals surface area contributed by atoms with Crippen LogP contribution in [0.1, 0.15) is 16.1 Å². The van der Waals surface area contributed by atoms with Gasteiger partial charge in [0.15, 0.2) is 11.4 Å². The van der Waals surface area contributed by atoms with Gasteiger partial charge in [0.1, 0.15) is 0 Å². The number of carbonyl (C=O) groups excluding carboxylic acids is 1. The molecule has 0 aliphatic carbocycles. The molecule has 2 aromatic carbocycles. The lowest BCUT2D eigenvalue weighted by Crippen LogP contribution is -2.11. The zero-order valence-electron chi connectivity index (χ0n) is 12.2. The summed E-state index contributed by atoms with van der Waals surface area (Å²) in [6, 6.07) is 12.4. The quantitative estimate of drug-likeness (QED) is 0.708. The number of halogens is 2. The number of hydrogen-bond donors (Lipinski definition) is 1. The van der Waals surface area contributed by atoms with Crippen LogP contribution in [0.15, 0.2) is 42.5 Å². The van der Waals surface area contributed by atoms with Crippen molar-refractivity contribution >= 4 is 40.1 Å². The molecule has 0 fully saturated rings. The second-order valence-electron chi connectivity index (χ2n) is 5.07. The largest absolute Gasteiger partial charge is 0.505 e. The van der Waals surface area contributed by atoms with E-state index in [1.54, 1.807) is 34.9 Å². The lowest BCUT2D eigenvalue weighted by atomic mass is 10.2. The zero-order valence-corrected chi connectivity index (χ0v) is 13.7. The van der Waals surface area contributed by atoms with Crippen LogP contribution in [0.4, 0.5) is 0 Å². The number of nitrogens with zero attached hydrogens (tertiary/aromatic N) is 1. The second kappa shape index (κ2) is 6.14. The molecule has 1 heterocycles. The van der Waals surface area contributed by atoms with Gasteiger partial charge in [-0.15, -0.1) is 0 Å². The van der Waals surface area contributed by atoms with E-state index in [9.17, 15) is 9.90 Å². The number of esters is 1. The summed E-state index contributed by atoms with van der Waals surface area (Å²) in [6.07, 6.45) is 0. The standard InChI is InChI=1S/C17H13Cl2NO3/c1-23-17(22)15-16(21)13-8-12(19)5-6-14(13)20(15)9-10-3-2-4-11(18)7-10/h2-8,21H,9H2,1H3. The Balaban J connectivity index is 2.22. The molecule has 0 saturated carbocycles. The molecule has 0 radical (unpaired) electrons. The molecule has 0 spiro atoms. The summed E-state index contributed by atoms with van der Waals surface area (Å²) in [5, 5.41) is 12.0. The molecule has 0 amide bonds. The third-order valence-corrected chi connectivity index (χ3v) is 4.08. The van der Waals surface area contributed by atoms with Gasteiger partial charge in [0, 0.05) is 22.0 Å². The van der Waals surface area contributed by atoms with Gasteiger partial charge in [-0.1, -0.05) is 35.3 Å². The molecule has 4 nitrogen and oxygen atoms in total. The number of aromatic hydroxyl groups is 1. The Bertz CT molecular complexity index is 902. The van der Waals surface area contributed by atoms with Gasteiger partial charge >= 0.3 is 5.97 Å². The van der Waals surface area contributed by atoms with Crippen LogP contribution in [-0.2, 0) is 11.3 Å². The van der Waals surface area contributed by atoms with E-state index < -0.39 is 5.97 Å². The molecule has 118 valence electrons. The molecule has 1 N–H and O–H groups in total. The van der Waals surface area contributed by atoms with E-state index in [0.29, 0.717) is 27.5 Å². The lowest BCUT2D eigenvalue weighted by molar-refractivity contribution is 0.0586. The Morgan fingerprint density at radius 2 is 1.91 bits per heavy atom. The fraction of sp³-hybridized carbons (Fsp3) is 0.118. The molecule has 6 heteroatoms. The summed E-state index contributed by atoms with van der Waals surface area (Å²) in [7, 11) is 1.27. The molecule has 0 aliphatic heterocycles. The summed E-state index contributed by atoms with van der Waals surface area (Å²) in [5.74, 6) is -0.756. The van der Waals surface area contributed by atoms with E-state index in [4.69, 9.17) is 27.9 Å². The van der Waals surface area contributed by atoms with Crippen LogP contribution in [0.5, 0.6) is 5.75 Å². The first kappa shape index (κ1) is 15.7. The summed E-state index contributed by atoms with van der Waals surface area (Å²) >= 11 is 12.0. The third kappa shape index (κ3) is 2.87. The maximum Gasteiger partial charge on any atom is 0.358 e. The number of methoxy groups -OCH3 is 1. The van der Waals surface area contributed by atoms with E-state index in [-0.39, 0.29) is 11.4 Å². The Labute approximate surface area is 142 Å². The van der Waals surface area contributed by atoms with Crippen LogP contribution < -0.4 is 0 Å². The average molecular weight is 350 g/mol. The fourth-order valence-corrected chi connectivity index (χ4v) is 2.98. The topological polar surface area (TPSA) is 51.5 Å². The first-order valence-electron chi connectivity index (χ1n) is 6.84. The van der Waals surface area contributed by atoms with E-state index in [1.807, 2.05) is 12.1 Å². The lowest BCUT2D eigenvalue weighted by Gasteiger charge is -2.10. The van der Waals surface area contributed by atoms with Crippen molar-refractivity contribution in [3.05, 3.63) is 63.8 Å². The van der Waals surface area contributed by atoms with Crippen LogP contribution in [0.3, 0.4) is 0 Å². The number of ether oxygens (including phenoxy) is 1. The molecule has 1 aromatic heterocycles. The highest BCUT2D eigenvalue weighted by Crippen LogP contribution is 2.35. The molecule has 0 bridgehead atoms. The highest BCUT2D eigenvalue weighted by molar-refractivity contribution is 6.31. The number of benzene rings is 2. The Morgan fingerprint density at radius 3 is 2.61 bits per heavy atom. The molecule has 0 aliphatic rings. The summed E-state index contributed by atoms with van der Waals surface area (Å²) in [6.45, 7) is 0.365. The Hall–Kier alpha value is -2.17. The van der Waals surface area contributed by atoms with E-state index >= 15 is 0 Å². The predicted molar refractivity (Wildman–Crippen MR) is 90.5 cm³/mol. The van der Waals surface area contributed by atoms with Crippen LogP contribution in [0.2, 0.25) is 10.0 Å². The van der Waals surface area contributed by atoms with Gasteiger partial charge in [0.25, 0.3) is 0 Å². The predicted octanol–water partition coefficient (Wildman–Crippen LogP) is 4.49. The minimum Gasteiger partial charge on any atom is -0.505 e. The molecular weight excluding hydrogens is 337 g/mol. The Morgan fingerprint density at radius 1 is 1.17 bits per heavy atom. The smallest absolute Gasteiger partial charge is 0.358 e. The number of carbonyl (C=O) groups is 1. The monoisotopic (exact) mass is 349 g/mol. The highest BCUT2D eigenvalue weighted by Gasteiger charge is 2.23. The van der Waals surface area contributed by atoms with Crippen molar-refractivity contribution in [2.45, 2.75) is 6.54 Å². The van der Waals surface area contributed by atoms with E-state index in [0.717, 1.165) is 5.56 Å². The number of fused-ring (bicyclic) bond motifs is 1. The second-order valence-corrected chi connectivity index (χ2v) is 5.94. The normalized spacial score (nSPS) is 10.9. The third-order valence-electron chi connectivity index (χ3n) is 3.61. The fourth-order valence-electron chi connectivity index (χ4n) is 2.59. The van der Waals surface area contributed by atoms with Crippen LogP contribution in [0.25, 0.3) is 10.9 Å². The minimum absolute atomic E-state index is 0.0877. The summed E-state index contributed by atoms with van der Waals surface area (Å²) in [4.78, 5) is 12.1. The van der Waals surface area contributed by atoms with Gasteiger partial charge in [-0.05, 0) is 35.9 Å². The molecule has 0 unspecified atom stereocenters. The van der Waals surface area contributed by atoms with Crippen molar-refractivity contribution in [2.75, 3.05) is 7.11 Å². The van der Waals surface area contributed by atoms with Gasteiger partial charge in [0.2, 0.25) is 0 Å². The number of aromatic nitrogens is 1. The maximum atomic E-state index is 12.1. The summed E-state index contributed by atoms with van der Waals surface area (Å²) in [5.41, 5.74) is 1.67. The number of rotatable bonds is 3. The summed E-state index contributed by atoms with van der Waals surface area (Å²) < 4.78 is 6.49. The van der Waals surface area contributed by atoms with Crippen molar-refractivity contribution < 1.29 is 14.6 Å². The SMILES string of the molecule is COC(=O)c1c(O)c2cc(Cl)ccc2n1Cc1cccc(Cl)c1.